The fraction of sp³-hybridized carbons (Fsp3) is 0.200. The molecule has 0 spiro atoms. The van der Waals surface area contributed by atoms with Crippen LogP contribution in [-0.2, 0) is 25.7 Å². The van der Waals surface area contributed by atoms with Gasteiger partial charge >= 0.3 is 10.1 Å². The fourth-order valence-electron chi connectivity index (χ4n) is 3.48. The lowest BCUT2D eigenvalue weighted by Crippen LogP contribution is -2.13. The van der Waals surface area contributed by atoms with E-state index in [4.69, 9.17) is 34.6 Å². The van der Waals surface area contributed by atoms with Gasteiger partial charge in [-0.25, -0.2) is 8.42 Å². The molecule has 13 heteroatoms. The minimum absolute atomic E-state index is 0.0759. The summed E-state index contributed by atoms with van der Waals surface area (Å²) < 4.78 is 77.9. The number of hydrogen-bond donors (Lipinski definition) is 2. The van der Waals surface area contributed by atoms with Gasteiger partial charge in [-0.15, -0.1) is 0 Å². The molecule has 4 N–H and O–H groups in total. The Balaban J connectivity index is 1.91. The number of methoxy groups -OCH3 is 4. The maximum atomic E-state index is 12.9. The van der Waals surface area contributed by atoms with Gasteiger partial charge in [0.25, 0.3) is 0 Å². The Morgan fingerprint density at radius 3 is 1.92 bits per heavy atom. The van der Waals surface area contributed by atoms with Crippen LogP contribution in [0, 0.1) is 0 Å². The number of benzene rings is 3. The third-order valence-corrected chi connectivity index (χ3v) is 7.89. The molecule has 0 saturated carbocycles. The summed E-state index contributed by atoms with van der Waals surface area (Å²) in [7, 11) is -2.55. The lowest BCUT2D eigenvalue weighted by atomic mass is 10.1. The van der Waals surface area contributed by atoms with Crippen molar-refractivity contribution in [1.82, 2.24) is 0 Å². The van der Waals surface area contributed by atoms with Gasteiger partial charge in [0, 0.05) is 23.2 Å². The van der Waals surface area contributed by atoms with E-state index in [2.05, 4.69) is 0 Å². The van der Waals surface area contributed by atoms with Crippen LogP contribution in [0.15, 0.2) is 58.8 Å². The molecule has 0 saturated heterocycles. The minimum Gasteiger partial charge on any atom is -0.496 e. The standard InChI is InChI=1S/C25H28N2O9S2/c1-32-18-13-22(34-3)19(23(14-18)35-4)9-10-37(28,29)15-16-5-7-21(33-2)24(11-16)36-38(30,31)25-8-6-17(26)12-20(25)27/h5-14H,15,26-27H2,1-4H3/b10-9+. The summed E-state index contributed by atoms with van der Waals surface area (Å²) in [5.41, 5.74) is 12.3. The van der Waals surface area contributed by atoms with Crippen LogP contribution in [0.4, 0.5) is 11.4 Å². The maximum Gasteiger partial charge on any atom is 0.341 e. The van der Waals surface area contributed by atoms with E-state index in [9.17, 15) is 16.8 Å². The van der Waals surface area contributed by atoms with E-state index < -0.39 is 25.7 Å². The summed E-state index contributed by atoms with van der Waals surface area (Å²) in [4.78, 5) is -0.294. The molecule has 11 nitrogen and oxygen atoms in total. The number of sulfone groups is 1. The molecule has 0 amide bonds. The second kappa shape index (κ2) is 11.5. The zero-order chi connectivity index (χ0) is 28.1. The van der Waals surface area contributed by atoms with Crippen LogP contribution in [0.3, 0.4) is 0 Å². The molecule has 3 rings (SSSR count). The van der Waals surface area contributed by atoms with Crippen molar-refractivity contribution in [2.75, 3.05) is 39.9 Å². The third-order valence-electron chi connectivity index (χ3n) is 5.29. The summed E-state index contributed by atoms with van der Waals surface area (Å²) in [5, 5.41) is 1.01. The van der Waals surface area contributed by atoms with Gasteiger partial charge < -0.3 is 34.6 Å². The van der Waals surface area contributed by atoms with Gasteiger partial charge in [-0.2, -0.15) is 8.42 Å². The van der Waals surface area contributed by atoms with E-state index in [1.165, 1.54) is 70.9 Å². The largest absolute Gasteiger partial charge is 0.496 e. The molecular formula is C25H28N2O9S2. The molecule has 0 atom stereocenters. The predicted molar refractivity (Wildman–Crippen MR) is 144 cm³/mol. The Hall–Kier alpha value is -4.10. The molecule has 204 valence electrons. The molecule has 3 aromatic rings. The average molecular weight is 565 g/mol. The number of ether oxygens (including phenoxy) is 4. The maximum absolute atomic E-state index is 12.9. The molecule has 0 heterocycles. The van der Waals surface area contributed by atoms with Gasteiger partial charge in [0.05, 0.1) is 45.4 Å². The predicted octanol–water partition coefficient (Wildman–Crippen LogP) is 3.24. The van der Waals surface area contributed by atoms with Crippen LogP contribution in [-0.4, -0.2) is 45.3 Å². The number of rotatable bonds is 11. The Labute approximate surface area is 221 Å². The molecule has 0 bridgehead atoms. The van der Waals surface area contributed by atoms with Crippen LogP contribution in [0.25, 0.3) is 6.08 Å². The number of nitrogens with two attached hydrogens (primary N) is 2. The van der Waals surface area contributed by atoms with Crippen molar-refractivity contribution in [2.24, 2.45) is 0 Å². The summed E-state index contributed by atoms with van der Waals surface area (Å²) in [6, 6.07) is 11.2. The lowest BCUT2D eigenvalue weighted by molar-refractivity contribution is 0.374. The van der Waals surface area contributed by atoms with Crippen molar-refractivity contribution < 1.29 is 40.0 Å². The average Bonchev–Trinajstić information content (AvgIpc) is 2.86. The molecule has 0 aliphatic rings. The number of hydrogen-bond acceptors (Lipinski definition) is 11. The third kappa shape index (κ3) is 6.61. The molecule has 0 aromatic heterocycles. The highest BCUT2D eigenvalue weighted by Gasteiger charge is 2.23. The highest BCUT2D eigenvalue weighted by Crippen LogP contribution is 2.36. The van der Waals surface area contributed by atoms with Gasteiger partial charge in [0.15, 0.2) is 21.3 Å². The van der Waals surface area contributed by atoms with Crippen LogP contribution in [0.2, 0.25) is 0 Å². The van der Waals surface area contributed by atoms with E-state index in [1.54, 1.807) is 12.1 Å². The van der Waals surface area contributed by atoms with Gasteiger partial charge in [-0.3, -0.25) is 0 Å². The van der Waals surface area contributed by atoms with E-state index in [0.29, 0.717) is 22.8 Å². The van der Waals surface area contributed by atoms with Gasteiger partial charge in [0.1, 0.15) is 22.1 Å². The molecule has 0 unspecified atom stereocenters. The van der Waals surface area contributed by atoms with Gasteiger partial charge in [0.2, 0.25) is 0 Å². The SMILES string of the molecule is COc1cc(OC)c(/C=C/S(=O)(=O)Cc2ccc(OC)c(OS(=O)(=O)c3ccc(N)cc3N)c2)c(OC)c1. The topological polar surface area (TPSA) is 166 Å². The van der Waals surface area contributed by atoms with Crippen molar-refractivity contribution in [3.05, 3.63) is 65.1 Å². The first-order valence-electron chi connectivity index (χ1n) is 10.9. The van der Waals surface area contributed by atoms with Crippen molar-refractivity contribution in [1.29, 1.82) is 0 Å². The van der Waals surface area contributed by atoms with E-state index in [1.807, 2.05) is 0 Å². The zero-order valence-electron chi connectivity index (χ0n) is 21.1. The van der Waals surface area contributed by atoms with E-state index >= 15 is 0 Å². The first-order chi connectivity index (χ1) is 17.9. The van der Waals surface area contributed by atoms with E-state index in [0.717, 1.165) is 5.41 Å². The van der Waals surface area contributed by atoms with Crippen molar-refractivity contribution in [3.63, 3.8) is 0 Å². The Morgan fingerprint density at radius 2 is 1.37 bits per heavy atom. The molecule has 0 aliphatic heterocycles. The lowest BCUT2D eigenvalue weighted by Gasteiger charge is -2.14. The number of anilines is 2. The van der Waals surface area contributed by atoms with E-state index in [-0.39, 0.29) is 33.3 Å². The summed E-state index contributed by atoms with van der Waals surface area (Å²) in [6.45, 7) is 0. The molecule has 3 aromatic carbocycles. The normalized spacial score (nSPS) is 11.8. The molecular weight excluding hydrogens is 536 g/mol. The van der Waals surface area contributed by atoms with Gasteiger partial charge in [-0.1, -0.05) is 6.07 Å². The first kappa shape index (κ1) is 28.5. The molecule has 0 fully saturated rings. The Morgan fingerprint density at radius 1 is 0.737 bits per heavy atom. The second-order valence-electron chi connectivity index (χ2n) is 7.88. The molecule has 0 radical (unpaired) electrons. The highest BCUT2D eigenvalue weighted by molar-refractivity contribution is 7.93. The quantitative estimate of drug-likeness (QED) is 0.259. The fourth-order valence-corrected chi connectivity index (χ4v) is 5.61. The Kier molecular flexibility index (Phi) is 8.63. The van der Waals surface area contributed by atoms with Crippen LogP contribution < -0.4 is 34.6 Å². The van der Waals surface area contributed by atoms with Gasteiger partial charge in [-0.05, 0) is 42.0 Å². The summed E-state index contributed by atoms with van der Waals surface area (Å²) in [5.74, 6) is 0.570. The molecule has 0 aliphatic carbocycles. The highest BCUT2D eigenvalue weighted by atomic mass is 32.2. The summed E-state index contributed by atoms with van der Waals surface area (Å²) >= 11 is 0. The van der Waals surface area contributed by atoms with Crippen LogP contribution in [0.1, 0.15) is 11.1 Å². The Bertz CT molecular complexity index is 1540. The van der Waals surface area contributed by atoms with Crippen molar-refractivity contribution in [2.45, 2.75) is 10.6 Å². The summed E-state index contributed by atoms with van der Waals surface area (Å²) in [6.07, 6.45) is 1.35. The second-order valence-corrected chi connectivity index (χ2v) is 11.3. The monoisotopic (exact) mass is 564 g/mol. The van der Waals surface area contributed by atoms with Crippen molar-refractivity contribution in [3.8, 4) is 28.7 Å². The minimum atomic E-state index is -4.38. The molecule has 38 heavy (non-hydrogen) atoms. The van der Waals surface area contributed by atoms with Crippen LogP contribution >= 0.6 is 0 Å². The zero-order valence-corrected chi connectivity index (χ0v) is 22.8. The van der Waals surface area contributed by atoms with Crippen LogP contribution in [0.5, 0.6) is 28.7 Å². The first-order valence-corrected chi connectivity index (χ1v) is 14.0. The van der Waals surface area contributed by atoms with Crippen molar-refractivity contribution >= 4 is 37.4 Å². The number of nitrogen functional groups attached to an aromatic ring is 2. The smallest absolute Gasteiger partial charge is 0.341 e.